The monoisotopic (exact) mass is 393 g/mol. The molecule has 0 saturated carbocycles. The van der Waals surface area contributed by atoms with E-state index < -0.39 is 10.8 Å². The minimum absolute atomic E-state index is 0.0266. The molecule has 8 nitrogen and oxygen atoms in total. The third kappa shape index (κ3) is 5.57. The van der Waals surface area contributed by atoms with Crippen molar-refractivity contribution in [1.82, 2.24) is 4.90 Å². The number of hydrogen-bond acceptors (Lipinski definition) is 6. The first-order valence-electron chi connectivity index (χ1n) is 7.97. The summed E-state index contributed by atoms with van der Waals surface area (Å²) in [6.45, 7) is 0.469. The minimum atomic E-state index is -0.572. The summed E-state index contributed by atoms with van der Waals surface area (Å²) >= 11 is 5.87. The van der Waals surface area contributed by atoms with Gasteiger partial charge >= 0.3 is 0 Å². The number of nitro groups is 1. The van der Waals surface area contributed by atoms with Crippen LogP contribution in [0.4, 0.5) is 11.4 Å². The van der Waals surface area contributed by atoms with E-state index in [-0.39, 0.29) is 17.9 Å². The number of anilines is 1. The Bertz CT molecular complexity index is 844. The van der Waals surface area contributed by atoms with Crippen molar-refractivity contribution in [3.05, 3.63) is 57.1 Å². The molecule has 1 N–H and O–H groups in total. The molecule has 0 heterocycles. The number of carbonyl (C=O) groups excluding carboxylic acids is 1. The van der Waals surface area contributed by atoms with E-state index in [1.807, 2.05) is 6.07 Å². The second-order valence-electron chi connectivity index (χ2n) is 5.82. The SMILES string of the molecule is COc1ccc(CN(C)CC(=O)Nc2cc(Cl)ccc2[N+](=O)[O-])c(OC)c1. The van der Waals surface area contributed by atoms with Gasteiger partial charge < -0.3 is 14.8 Å². The molecule has 0 aliphatic rings. The van der Waals surface area contributed by atoms with Crippen molar-refractivity contribution in [3.8, 4) is 11.5 Å². The number of carbonyl (C=O) groups is 1. The highest BCUT2D eigenvalue weighted by atomic mass is 35.5. The number of ether oxygens (including phenoxy) is 2. The summed E-state index contributed by atoms with van der Waals surface area (Å²) in [6, 6.07) is 9.43. The Morgan fingerprint density at radius 2 is 1.96 bits per heavy atom. The number of nitro benzene ring substituents is 1. The normalized spacial score (nSPS) is 10.6. The second kappa shape index (κ2) is 9.20. The molecule has 2 aromatic rings. The van der Waals surface area contributed by atoms with Gasteiger partial charge in [-0.3, -0.25) is 19.8 Å². The van der Waals surface area contributed by atoms with Crippen LogP contribution >= 0.6 is 11.6 Å². The number of methoxy groups -OCH3 is 2. The van der Waals surface area contributed by atoms with Gasteiger partial charge in [0.25, 0.3) is 5.69 Å². The Balaban J connectivity index is 2.04. The van der Waals surface area contributed by atoms with Crippen LogP contribution in [0.3, 0.4) is 0 Å². The molecular formula is C18H20ClN3O5. The summed E-state index contributed by atoms with van der Waals surface area (Å²) in [7, 11) is 4.89. The van der Waals surface area contributed by atoms with Crippen molar-refractivity contribution in [2.24, 2.45) is 0 Å². The highest BCUT2D eigenvalue weighted by molar-refractivity contribution is 6.31. The maximum Gasteiger partial charge on any atom is 0.292 e. The van der Waals surface area contributed by atoms with Crippen molar-refractivity contribution in [2.75, 3.05) is 33.1 Å². The second-order valence-corrected chi connectivity index (χ2v) is 6.25. The van der Waals surface area contributed by atoms with Gasteiger partial charge in [-0.2, -0.15) is 0 Å². The molecule has 0 radical (unpaired) electrons. The summed E-state index contributed by atoms with van der Waals surface area (Å²) in [6.07, 6.45) is 0. The lowest BCUT2D eigenvalue weighted by molar-refractivity contribution is -0.383. The molecule has 0 saturated heterocycles. The Morgan fingerprint density at radius 1 is 1.22 bits per heavy atom. The summed E-state index contributed by atoms with van der Waals surface area (Å²) in [5.74, 6) is 0.923. The lowest BCUT2D eigenvalue weighted by atomic mass is 10.1. The average Bonchev–Trinajstić information content (AvgIpc) is 2.61. The van der Waals surface area contributed by atoms with E-state index in [1.54, 1.807) is 38.3 Å². The van der Waals surface area contributed by atoms with Gasteiger partial charge in [-0.15, -0.1) is 0 Å². The van der Waals surface area contributed by atoms with E-state index in [9.17, 15) is 14.9 Å². The fourth-order valence-corrected chi connectivity index (χ4v) is 2.70. The molecule has 0 unspecified atom stereocenters. The number of benzene rings is 2. The number of halogens is 1. The Morgan fingerprint density at radius 3 is 2.59 bits per heavy atom. The number of nitrogens with zero attached hydrogens (tertiary/aromatic N) is 2. The zero-order valence-corrected chi connectivity index (χ0v) is 15.9. The van der Waals surface area contributed by atoms with Gasteiger partial charge in [0.15, 0.2) is 0 Å². The van der Waals surface area contributed by atoms with E-state index in [4.69, 9.17) is 21.1 Å². The molecule has 1 amide bonds. The van der Waals surface area contributed by atoms with Crippen LogP contribution in [0, 0.1) is 10.1 Å². The fraction of sp³-hybridized carbons (Fsp3) is 0.278. The summed E-state index contributed by atoms with van der Waals surface area (Å²) in [5.41, 5.74) is 0.725. The number of amides is 1. The highest BCUT2D eigenvalue weighted by Crippen LogP contribution is 2.28. The van der Waals surface area contributed by atoms with E-state index in [2.05, 4.69) is 5.32 Å². The zero-order chi connectivity index (χ0) is 20.0. The smallest absolute Gasteiger partial charge is 0.292 e. The first kappa shape index (κ1) is 20.5. The Hall–Kier alpha value is -2.84. The Kier molecular flexibility index (Phi) is 6.98. The molecule has 0 fully saturated rings. The predicted octanol–water partition coefficient (Wildman–Crippen LogP) is 3.34. The first-order chi connectivity index (χ1) is 12.8. The molecule has 144 valence electrons. The number of nitrogens with one attached hydrogen (secondary N) is 1. The van der Waals surface area contributed by atoms with Gasteiger partial charge in [0.1, 0.15) is 17.2 Å². The molecule has 0 bridgehead atoms. The minimum Gasteiger partial charge on any atom is -0.497 e. The van der Waals surface area contributed by atoms with Crippen molar-refractivity contribution >= 4 is 28.9 Å². The molecular weight excluding hydrogens is 374 g/mol. The molecule has 0 aliphatic heterocycles. The largest absolute Gasteiger partial charge is 0.497 e. The summed E-state index contributed by atoms with van der Waals surface area (Å²) in [5, 5.41) is 13.9. The zero-order valence-electron chi connectivity index (χ0n) is 15.2. The van der Waals surface area contributed by atoms with Crippen LogP contribution in [0.1, 0.15) is 5.56 Å². The highest BCUT2D eigenvalue weighted by Gasteiger charge is 2.17. The van der Waals surface area contributed by atoms with Gasteiger partial charge in [0, 0.05) is 29.3 Å². The van der Waals surface area contributed by atoms with Crippen LogP contribution in [-0.2, 0) is 11.3 Å². The van der Waals surface area contributed by atoms with Crippen molar-refractivity contribution < 1.29 is 19.2 Å². The van der Waals surface area contributed by atoms with E-state index >= 15 is 0 Å². The van der Waals surface area contributed by atoms with E-state index in [0.717, 1.165) is 5.56 Å². The summed E-state index contributed by atoms with van der Waals surface area (Å²) in [4.78, 5) is 24.6. The molecule has 2 aromatic carbocycles. The van der Waals surface area contributed by atoms with E-state index in [0.29, 0.717) is 23.1 Å². The van der Waals surface area contributed by atoms with Crippen LogP contribution in [0.2, 0.25) is 5.02 Å². The molecule has 0 atom stereocenters. The number of likely N-dealkylation sites (N-methyl/N-ethyl adjacent to an activating group) is 1. The topological polar surface area (TPSA) is 93.9 Å². The number of rotatable bonds is 8. The lowest BCUT2D eigenvalue weighted by Crippen LogP contribution is -2.30. The molecule has 0 spiro atoms. The Labute approximate surface area is 161 Å². The van der Waals surface area contributed by atoms with Gasteiger partial charge in [0.05, 0.1) is 25.7 Å². The van der Waals surface area contributed by atoms with Gasteiger partial charge in [0.2, 0.25) is 5.91 Å². The standard InChI is InChI=1S/C18H20ClN3O5/c1-21(10-12-4-6-14(26-2)9-17(12)27-3)11-18(23)20-15-8-13(19)5-7-16(15)22(24)25/h4-9H,10-11H2,1-3H3,(H,20,23). The molecule has 27 heavy (non-hydrogen) atoms. The van der Waals surface area contributed by atoms with Crippen LogP contribution in [0.15, 0.2) is 36.4 Å². The first-order valence-corrected chi connectivity index (χ1v) is 8.35. The quantitative estimate of drug-likeness (QED) is 0.546. The molecule has 9 heteroatoms. The van der Waals surface area contributed by atoms with Crippen LogP contribution < -0.4 is 14.8 Å². The maximum absolute atomic E-state index is 12.3. The van der Waals surface area contributed by atoms with Crippen LogP contribution in [0.25, 0.3) is 0 Å². The third-order valence-electron chi connectivity index (χ3n) is 3.78. The van der Waals surface area contributed by atoms with Crippen LogP contribution in [-0.4, -0.2) is 43.5 Å². The van der Waals surface area contributed by atoms with Crippen molar-refractivity contribution in [1.29, 1.82) is 0 Å². The van der Waals surface area contributed by atoms with Gasteiger partial charge in [-0.05, 0) is 25.2 Å². The van der Waals surface area contributed by atoms with Gasteiger partial charge in [-0.25, -0.2) is 0 Å². The fourth-order valence-electron chi connectivity index (χ4n) is 2.53. The summed E-state index contributed by atoms with van der Waals surface area (Å²) < 4.78 is 10.5. The molecule has 0 aliphatic carbocycles. The lowest BCUT2D eigenvalue weighted by Gasteiger charge is -2.18. The maximum atomic E-state index is 12.3. The predicted molar refractivity (Wildman–Crippen MR) is 103 cm³/mol. The van der Waals surface area contributed by atoms with Crippen LogP contribution in [0.5, 0.6) is 11.5 Å². The third-order valence-corrected chi connectivity index (χ3v) is 4.01. The van der Waals surface area contributed by atoms with E-state index in [1.165, 1.54) is 18.2 Å². The number of hydrogen-bond donors (Lipinski definition) is 1. The molecule has 0 aromatic heterocycles. The average molecular weight is 394 g/mol. The van der Waals surface area contributed by atoms with Gasteiger partial charge in [-0.1, -0.05) is 17.7 Å². The van der Waals surface area contributed by atoms with Crippen molar-refractivity contribution in [2.45, 2.75) is 6.54 Å². The van der Waals surface area contributed by atoms with Crippen molar-refractivity contribution in [3.63, 3.8) is 0 Å². The molecule has 2 rings (SSSR count).